The van der Waals surface area contributed by atoms with Crippen molar-refractivity contribution in [2.24, 2.45) is 0 Å². The van der Waals surface area contributed by atoms with Gasteiger partial charge in [-0.1, -0.05) is 0 Å². The smallest absolute Gasteiger partial charge is 0.226 e. The molecule has 0 saturated heterocycles. The molecule has 0 bridgehead atoms. The molecular formula is C19H14N4. The number of nitriles is 2. The molecule has 0 amide bonds. The van der Waals surface area contributed by atoms with Gasteiger partial charge in [-0.25, -0.2) is 20.2 Å². The van der Waals surface area contributed by atoms with Gasteiger partial charge in [0.2, 0.25) is 0 Å². The van der Waals surface area contributed by atoms with Gasteiger partial charge < -0.3 is 0 Å². The Morgan fingerprint density at radius 3 is 1.39 bits per heavy atom. The number of hydrogen-bond donors (Lipinski definition) is 0. The second-order valence-electron chi connectivity index (χ2n) is 5.53. The van der Waals surface area contributed by atoms with E-state index in [-0.39, 0.29) is 17.8 Å². The van der Waals surface area contributed by atoms with E-state index in [9.17, 15) is 10.5 Å². The quantitative estimate of drug-likeness (QED) is 0.518. The zero-order chi connectivity index (χ0) is 17.3. The topological polar surface area (TPSA) is 56.3 Å². The van der Waals surface area contributed by atoms with Crippen molar-refractivity contribution in [2.75, 3.05) is 0 Å². The molecule has 0 unspecified atom stereocenters. The summed E-state index contributed by atoms with van der Waals surface area (Å²) in [7, 11) is 0. The summed E-state index contributed by atoms with van der Waals surface area (Å²) in [6.45, 7) is 22.5. The van der Waals surface area contributed by atoms with Gasteiger partial charge in [0, 0.05) is 0 Å². The van der Waals surface area contributed by atoms with Crippen molar-refractivity contribution < 1.29 is 0 Å². The molecule has 0 saturated carbocycles. The Hall–Kier alpha value is -3.34. The SMILES string of the molecule is [C-]#[N+]/C(C#N)=C1/C/C(=C(\C#N)[N+]#[C-])c2c(C)c(C)c(C)c(C)c21. The molecule has 0 atom stereocenters. The van der Waals surface area contributed by atoms with Crippen LogP contribution in [0.2, 0.25) is 0 Å². The van der Waals surface area contributed by atoms with Gasteiger partial charge in [-0.15, -0.1) is 0 Å². The fraction of sp³-hybridized carbons (Fsp3) is 0.263. The predicted octanol–water partition coefficient (Wildman–Crippen LogP) is 4.63. The third kappa shape index (κ3) is 2.19. The Labute approximate surface area is 136 Å². The van der Waals surface area contributed by atoms with E-state index < -0.39 is 0 Å². The predicted molar refractivity (Wildman–Crippen MR) is 88.3 cm³/mol. The first-order chi connectivity index (χ1) is 10.9. The number of benzene rings is 1. The van der Waals surface area contributed by atoms with Gasteiger partial charge in [-0.2, -0.15) is 0 Å². The number of nitrogens with zero attached hydrogens (tertiary/aromatic N) is 4. The lowest BCUT2D eigenvalue weighted by Gasteiger charge is -2.17. The summed E-state index contributed by atoms with van der Waals surface area (Å²) in [5.41, 5.74) is 7.28. The Morgan fingerprint density at radius 2 is 1.13 bits per heavy atom. The molecule has 4 heteroatoms. The molecule has 2 rings (SSSR count). The average molecular weight is 298 g/mol. The van der Waals surface area contributed by atoms with E-state index in [0.29, 0.717) is 11.1 Å². The first-order valence-corrected chi connectivity index (χ1v) is 7.05. The summed E-state index contributed by atoms with van der Waals surface area (Å²) >= 11 is 0. The Balaban J connectivity index is 3.11. The van der Waals surface area contributed by atoms with Crippen molar-refractivity contribution in [3.05, 3.63) is 67.6 Å². The van der Waals surface area contributed by atoms with Crippen molar-refractivity contribution in [3.8, 4) is 12.1 Å². The van der Waals surface area contributed by atoms with E-state index in [4.69, 9.17) is 13.1 Å². The van der Waals surface area contributed by atoms with Gasteiger partial charge in [0.05, 0.1) is 25.3 Å². The lowest BCUT2D eigenvalue weighted by molar-refractivity contribution is 1.20. The summed E-state index contributed by atoms with van der Waals surface area (Å²) in [4.78, 5) is 6.68. The lowest BCUT2D eigenvalue weighted by Crippen LogP contribution is -2.00. The van der Waals surface area contributed by atoms with Gasteiger partial charge in [0.15, 0.2) is 0 Å². The number of hydrogen-bond acceptors (Lipinski definition) is 2. The van der Waals surface area contributed by atoms with Gasteiger partial charge >= 0.3 is 0 Å². The van der Waals surface area contributed by atoms with Crippen LogP contribution >= 0.6 is 0 Å². The molecule has 0 aliphatic heterocycles. The van der Waals surface area contributed by atoms with Crippen LogP contribution in [0.5, 0.6) is 0 Å². The van der Waals surface area contributed by atoms with Crippen LogP contribution in [0.25, 0.3) is 20.8 Å². The minimum Gasteiger partial charge on any atom is -0.226 e. The Morgan fingerprint density at radius 1 is 0.783 bits per heavy atom. The van der Waals surface area contributed by atoms with Crippen molar-refractivity contribution >= 4 is 11.1 Å². The van der Waals surface area contributed by atoms with Gasteiger partial charge in [-0.05, 0) is 78.6 Å². The maximum Gasteiger partial charge on any atom is 0.265 e. The third-order valence-corrected chi connectivity index (χ3v) is 4.65. The van der Waals surface area contributed by atoms with Gasteiger partial charge in [-0.3, -0.25) is 0 Å². The van der Waals surface area contributed by atoms with E-state index in [1.165, 1.54) is 0 Å². The summed E-state index contributed by atoms with van der Waals surface area (Å²) in [6.07, 6.45) is 0.288. The normalized spacial score (nSPS) is 16.5. The van der Waals surface area contributed by atoms with Crippen molar-refractivity contribution in [2.45, 2.75) is 34.1 Å². The molecule has 4 nitrogen and oxygen atoms in total. The van der Waals surface area contributed by atoms with Gasteiger partial charge in [0.25, 0.3) is 11.4 Å². The standard InChI is InChI=1S/C19H14N4/c1-10-11(2)13(4)19-15(17(9-21)23-6)7-14(16(8-20)22-5)18(19)12(10)3/h7H2,1-4H3/b16-14-,17-15-. The van der Waals surface area contributed by atoms with E-state index in [1.807, 2.05) is 39.8 Å². The highest BCUT2D eigenvalue weighted by Crippen LogP contribution is 2.48. The van der Waals surface area contributed by atoms with Crippen molar-refractivity contribution in [1.82, 2.24) is 0 Å². The molecule has 23 heavy (non-hydrogen) atoms. The average Bonchev–Trinajstić information content (AvgIpc) is 2.94. The maximum absolute atomic E-state index is 9.27. The van der Waals surface area contributed by atoms with Gasteiger partial charge in [0.1, 0.15) is 0 Å². The van der Waals surface area contributed by atoms with E-state index in [0.717, 1.165) is 33.4 Å². The summed E-state index contributed by atoms with van der Waals surface area (Å²) in [5.74, 6) is 0. The zero-order valence-electron chi connectivity index (χ0n) is 13.5. The highest BCUT2D eigenvalue weighted by molar-refractivity contribution is 5.99. The molecule has 1 aromatic rings. The van der Waals surface area contributed by atoms with Crippen LogP contribution in [0, 0.1) is 63.5 Å². The van der Waals surface area contributed by atoms with Crippen LogP contribution in [-0.2, 0) is 0 Å². The Kier molecular flexibility index (Phi) is 4.05. The molecule has 0 heterocycles. The van der Waals surface area contributed by atoms with E-state index >= 15 is 0 Å². The number of allylic oxidation sites excluding steroid dienone is 4. The van der Waals surface area contributed by atoms with Crippen LogP contribution in [0.4, 0.5) is 0 Å². The van der Waals surface area contributed by atoms with Crippen LogP contribution in [0.3, 0.4) is 0 Å². The van der Waals surface area contributed by atoms with Crippen LogP contribution < -0.4 is 0 Å². The minimum atomic E-state index is 0.0364. The maximum atomic E-state index is 9.27. The minimum absolute atomic E-state index is 0.0364. The summed E-state index contributed by atoms with van der Waals surface area (Å²) in [6, 6.07) is 3.91. The number of fused-ring (bicyclic) bond motifs is 1. The lowest BCUT2D eigenvalue weighted by atomic mass is 9.88. The second kappa shape index (κ2) is 5.81. The molecule has 0 fully saturated rings. The third-order valence-electron chi connectivity index (χ3n) is 4.65. The Bertz CT molecular complexity index is 850. The molecular weight excluding hydrogens is 284 g/mol. The zero-order valence-corrected chi connectivity index (χ0v) is 13.5. The van der Waals surface area contributed by atoms with E-state index in [1.54, 1.807) is 0 Å². The second-order valence-corrected chi connectivity index (χ2v) is 5.53. The molecule has 1 aliphatic rings. The summed E-state index contributed by atoms with van der Waals surface area (Å²) in [5, 5.41) is 18.5. The highest BCUT2D eigenvalue weighted by Gasteiger charge is 2.31. The van der Waals surface area contributed by atoms with E-state index in [2.05, 4.69) is 9.69 Å². The largest absolute Gasteiger partial charge is 0.265 e. The van der Waals surface area contributed by atoms with Crippen LogP contribution in [0.15, 0.2) is 11.4 Å². The van der Waals surface area contributed by atoms with Crippen molar-refractivity contribution in [1.29, 1.82) is 10.5 Å². The molecule has 0 N–H and O–H groups in total. The summed E-state index contributed by atoms with van der Waals surface area (Å²) < 4.78 is 0. The fourth-order valence-corrected chi connectivity index (χ4v) is 3.14. The fourth-order valence-electron chi connectivity index (χ4n) is 3.14. The molecule has 0 aromatic heterocycles. The molecule has 1 aliphatic carbocycles. The van der Waals surface area contributed by atoms with Crippen molar-refractivity contribution in [3.63, 3.8) is 0 Å². The number of rotatable bonds is 0. The van der Waals surface area contributed by atoms with Crippen LogP contribution in [-0.4, -0.2) is 0 Å². The molecule has 0 spiro atoms. The van der Waals surface area contributed by atoms with Crippen LogP contribution in [0.1, 0.15) is 39.8 Å². The molecule has 0 radical (unpaired) electrons. The monoisotopic (exact) mass is 298 g/mol. The highest BCUT2D eigenvalue weighted by atomic mass is 14.7. The molecule has 1 aromatic carbocycles. The first-order valence-electron chi connectivity index (χ1n) is 7.05. The first kappa shape index (κ1) is 16.0. The molecule has 110 valence electrons.